The largest absolute Gasteiger partial charge is 0.394 e. The standard InChI is InChI=1S/C61H105NO3/c1-3-5-7-9-11-13-15-17-19-21-23-25-26-27-28-29-30-31-32-33-34-35-37-38-40-42-44-46-48-50-52-54-56-60(64)59(58-63)62-61(65)57-55-53-51-49-47-45-43-41-39-36-24-22-20-18-16-14-12-10-8-6-4-2/h6,8,12,14,18,20,24,36,38,40-41,43,46-49,54,56,59-60,63-64H,3-5,7,9-11,13,15-17,19,21-23,25-35,37,39,42,44-45,50-53,55,57-58H2,1-2H3,(H,62,65)/b8-6-,14-12-,20-18-,36-24-,40-38+,43-41-,48-46+,49-47-,56-54+. The minimum atomic E-state index is -0.898. The maximum Gasteiger partial charge on any atom is 0.220 e. The van der Waals surface area contributed by atoms with Gasteiger partial charge in [0.1, 0.15) is 0 Å². The minimum Gasteiger partial charge on any atom is -0.394 e. The maximum atomic E-state index is 12.4. The highest BCUT2D eigenvalue weighted by molar-refractivity contribution is 5.76. The summed E-state index contributed by atoms with van der Waals surface area (Å²) >= 11 is 0. The van der Waals surface area contributed by atoms with Crippen molar-refractivity contribution in [1.82, 2.24) is 5.32 Å². The van der Waals surface area contributed by atoms with Crippen LogP contribution in [0.25, 0.3) is 0 Å². The fourth-order valence-electron chi connectivity index (χ4n) is 7.80. The van der Waals surface area contributed by atoms with Crippen LogP contribution in [0.5, 0.6) is 0 Å². The molecule has 0 saturated carbocycles. The van der Waals surface area contributed by atoms with Crippen LogP contribution in [0.4, 0.5) is 0 Å². The van der Waals surface area contributed by atoms with Crippen molar-refractivity contribution in [3.63, 3.8) is 0 Å². The average Bonchev–Trinajstić information content (AvgIpc) is 3.31. The Morgan fingerprint density at radius 1 is 0.385 bits per heavy atom. The molecule has 0 spiro atoms. The van der Waals surface area contributed by atoms with E-state index in [9.17, 15) is 15.0 Å². The second kappa shape index (κ2) is 55.4. The molecule has 0 aliphatic carbocycles. The van der Waals surface area contributed by atoms with Gasteiger partial charge in [-0.2, -0.15) is 0 Å². The van der Waals surface area contributed by atoms with Crippen LogP contribution >= 0.6 is 0 Å². The number of carbonyl (C=O) groups is 1. The molecule has 0 heterocycles. The molecule has 0 aromatic heterocycles. The van der Waals surface area contributed by atoms with E-state index in [1.807, 2.05) is 6.08 Å². The molecule has 1 amide bonds. The van der Waals surface area contributed by atoms with Crippen molar-refractivity contribution in [2.75, 3.05) is 6.61 Å². The fourth-order valence-corrected chi connectivity index (χ4v) is 7.80. The molecule has 4 nitrogen and oxygen atoms in total. The van der Waals surface area contributed by atoms with Crippen LogP contribution in [-0.4, -0.2) is 34.9 Å². The molecule has 0 radical (unpaired) electrons. The van der Waals surface area contributed by atoms with Gasteiger partial charge in [-0.1, -0.05) is 258 Å². The van der Waals surface area contributed by atoms with Gasteiger partial charge < -0.3 is 15.5 Å². The summed E-state index contributed by atoms with van der Waals surface area (Å²) in [6.07, 6.45) is 84.0. The average molecular weight is 901 g/mol. The molecule has 372 valence electrons. The van der Waals surface area contributed by atoms with Crippen molar-refractivity contribution in [2.24, 2.45) is 0 Å². The van der Waals surface area contributed by atoms with Crippen molar-refractivity contribution >= 4 is 5.91 Å². The van der Waals surface area contributed by atoms with E-state index in [-0.39, 0.29) is 12.5 Å². The van der Waals surface area contributed by atoms with E-state index in [1.165, 1.54) is 148 Å². The van der Waals surface area contributed by atoms with Gasteiger partial charge in [0, 0.05) is 6.42 Å². The molecular weight excluding hydrogens is 795 g/mol. The summed E-state index contributed by atoms with van der Waals surface area (Å²) in [5.74, 6) is -0.123. The van der Waals surface area contributed by atoms with Crippen molar-refractivity contribution in [1.29, 1.82) is 0 Å². The molecule has 0 aliphatic rings. The van der Waals surface area contributed by atoms with Crippen molar-refractivity contribution in [3.05, 3.63) is 109 Å². The monoisotopic (exact) mass is 900 g/mol. The normalized spacial score (nSPS) is 13.7. The summed E-state index contributed by atoms with van der Waals surface area (Å²) in [6, 6.07) is -0.678. The van der Waals surface area contributed by atoms with Crippen LogP contribution in [-0.2, 0) is 4.79 Å². The predicted octanol–water partition coefficient (Wildman–Crippen LogP) is 18.3. The SMILES string of the molecule is CC/C=C\C/C=C\C/C=C\C/C=C\C/C=C\C/C=C\CCCCC(=O)NC(CO)C(O)/C=C/CC/C=C/CC/C=C/CCCCCCCCCCCCCCCCCCCCCCCC. The van der Waals surface area contributed by atoms with E-state index in [0.29, 0.717) is 6.42 Å². The fraction of sp³-hybridized carbons (Fsp3) is 0.689. The van der Waals surface area contributed by atoms with Gasteiger partial charge in [0.05, 0.1) is 18.8 Å². The van der Waals surface area contributed by atoms with Gasteiger partial charge in [-0.25, -0.2) is 0 Å². The second-order valence-corrected chi connectivity index (χ2v) is 18.2. The zero-order valence-corrected chi connectivity index (χ0v) is 42.7. The van der Waals surface area contributed by atoms with E-state index < -0.39 is 12.1 Å². The quantitative estimate of drug-likeness (QED) is 0.0421. The molecule has 0 rings (SSSR count). The predicted molar refractivity (Wildman–Crippen MR) is 289 cm³/mol. The van der Waals surface area contributed by atoms with Gasteiger partial charge in [0.2, 0.25) is 5.91 Å². The highest BCUT2D eigenvalue weighted by Gasteiger charge is 2.17. The van der Waals surface area contributed by atoms with Crippen LogP contribution in [0.15, 0.2) is 109 Å². The number of aliphatic hydroxyl groups is 2. The number of aliphatic hydroxyl groups excluding tert-OH is 2. The summed E-state index contributed by atoms with van der Waals surface area (Å²) in [4.78, 5) is 12.4. The molecule has 0 aromatic rings. The molecule has 0 bridgehead atoms. The van der Waals surface area contributed by atoms with Gasteiger partial charge in [-0.3, -0.25) is 4.79 Å². The summed E-state index contributed by atoms with van der Waals surface area (Å²) in [7, 11) is 0. The summed E-state index contributed by atoms with van der Waals surface area (Å²) in [5, 5.41) is 23.1. The van der Waals surface area contributed by atoms with Crippen LogP contribution in [0.2, 0.25) is 0 Å². The Morgan fingerprint density at radius 2 is 0.692 bits per heavy atom. The number of hydrogen-bond donors (Lipinski definition) is 3. The molecule has 4 heteroatoms. The Kier molecular flexibility index (Phi) is 52.9. The molecule has 0 fully saturated rings. The Labute approximate surface area is 404 Å². The van der Waals surface area contributed by atoms with E-state index in [4.69, 9.17) is 0 Å². The Hall–Kier alpha value is -2.95. The highest BCUT2D eigenvalue weighted by Crippen LogP contribution is 2.16. The number of rotatable bonds is 49. The lowest BCUT2D eigenvalue weighted by atomic mass is 10.0. The molecule has 0 saturated heterocycles. The second-order valence-electron chi connectivity index (χ2n) is 18.2. The van der Waals surface area contributed by atoms with Crippen LogP contribution in [0.1, 0.15) is 251 Å². The third-order valence-corrected chi connectivity index (χ3v) is 12.0. The van der Waals surface area contributed by atoms with Gasteiger partial charge in [0.15, 0.2) is 0 Å². The smallest absolute Gasteiger partial charge is 0.220 e. The van der Waals surface area contributed by atoms with Gasteiger partial charge in [-0.15, -0.1) is 0 Å². The zero-order valence-electron chi connectivity index (χ0n) is 42.7. The number of amides is 1. The lowest BCUT2D eigenvalue weighted by molar-refractivity contribution is -0.123. The third-order valence-electron chi connectivity index (χ3n) is 12.0. The molecule has 65 heavy (non-hydrogen) atoms. The topological polar surface area (TPSA) is 69.6 Å². The molecule has 0 aliphatic heterocycles. The first-order valence-corrected chi connectivity index (χ1v) is 27.6. The minimum absolute atomic E-state index is 0.123. The molecule has 0 aromatic carbocycles. The molecular formula is C61H105NO3. The van der Waals surface area contributed by atoms with Gasteiger partial charge >= 0.3 is 0 Å². The van der Waals surface area contributed by atoms with E-state index >= 15 is 0 Å². The van der Waals surface area contributed by atoms with Crippen LogP contribution in [0.3, 0.4) is 0 Å². The lowest BCUT2D eigenvalue weighted by Gasteiger charge is -2.19. The Bertz CT molecular complexity index is 1250. The number of nitrogens with one attached hydrogen (secondary N) is 1. The summed E-state index contributed by atoms with van der Waals surface area (Å²) in [5.41, 5.74) is 0. The van der Waals surface area contributed by atoms with Crippen molar-refractivity contribution in [3.8, 4) is 0 Å². The van der Waals surface area contributed by atoms with E-state index in [1.54, 1.807) is 6.08 Å². The van der Waals surface area contributed by atoms with E-state index in [0.717, 1.165) is 83.5 Å². The van der Waals surface area contributed by atoms with Gasteiger partial charge in [-0.05, 0) is 96.3 Å². The van der Waals surface area contributed by atoms with Crippen LogP contribution in [0, 0.1) is 0 Å². The maximum absolute atomic E-state index is 12.4. The third kappa shape index (κ3) is 51.9. The van der Waals surface area contributed by atoms with E-state index in [2.05, 4.69) is 116 Å². The first-order chi connectivity index (χ1) is 32.2. The molecule has 2 unspecified atom stereocenters. The first-order valence-electron chi connectivity index (χ1n) is 27.6. The number of hydrogen-bond acceptors (Lipinski definition) is 3. The summed E-state index contributed by atoms with van der Waals surface area (Å²) in [6.45, 7) is 4.17. The number of allylic oxidation sites excluding steroid dienone is 17. The Morgan fingerprint density at radius 3 is 1.08 bits per heavy atom. The first kappa shape index (κ1) is 62.1. The molecule has 3 N–H and O–H groups in total. The Balaban J connectivity index is 3.65. The molecule has 2 atom stereocenters. The van der Waals surface area contributed by atoms with Crippen LogP contribution < -0.4 is 5.32 Å². The van der Waals surface area contributed by atoms with Gasteiger partial charge in [0.25, 0.3) is 0 Å². The number of carbonyl (C=O) groups excluding carboxylic acids is 1. The van der Waals surface area contributed by atoms with Crippen molar-refractivity contribution < 1.29 is 15.0 Å². The van der Waals surface area contributed by atoms with Crippen molar-refractivity contribution in [2.45, 2.75) is 264 Å². The lowest BCUT2D eigenvalue weighted by Crippen LogP contribution is -2.45. The highest BCUT2D eigenvalue weighted by atomic mass is 16.3. The summed E-state index contributed by atoms with van der Waals surface area (Å²) < 4.78 is 0. The zero-order chi connectivity index (χ0) is 47.0. The number of unbranched alkanes of at least 4 members (excludes halogenated alkanes) is 26.